The lowest BCUT2D eigenvalue weighted by Gasteiger charge is -2.40. The van der Waals surface area contributed by atoms with E-state index in [9.17, 15) is 9.59 Å². The zero-order valence-corrected chi connectivity index (χ0v) is 24.9. The molecule has 0 saturated carbocycles. The molecule has 0 bridgehead atoms. The van der Waals surface area contributed by atoms with E-state index in [1.165, 1.54) is 0 Å². The molecule has 1 saturated heterocycles. The number of pyridine rings is 1. The third kappa shape index (κ3) is 6.32. The normalized spacial score (nSPS) is 18.9. The van der Waals surface area contributed by atoms with Gasteiger partial charge < -0.3 is 18.9 Å². The van der Waals surface area contributed by atoms with Gasteiger partial charge in [0.1, 0.15) is 16.7 Å². The van der Waals surface area contributed by atoms with Crippen molar-refractivity contribution >= 4 is 73.1 Å². The minimum atomic E-state index is -0.652. The van der Waals surface area contributed by atoms with Gasteiger partial charge >= 0.3 is 12.1 Å². The van der Waals surface area contributed by atoms with Gasteiger partial charge in [0, 0.05) is 28.5 Å². The fourth-order valence-corrected chi connectivity index (χ4v) is 5.37. The summed E-state index contributed by atoms with van der Waals surface area (Å²) in [7, 11) is 0. The molecule has 1 aromatic carbocycles. The van der Waals surface area contributed by atoms with E-state index in [1.54, 1.807) is 11.2 Å². The molecule has 1 aliphatic rings. The number of carbonyl (C=O) groups is 2. The fourth-order valence-electron chi connectivity index (χ4n) is 4.65. The second-order valence-corrected chi connectivity index (χ2v) is 13.0. The van der Waals surface area contributed by atoms with E-state index in [1.807, 2.05) is 53.7 Å². The minimum absolute atomic E-state index is 0.0554. The van der Waals surface area contributed by atoms with Crippen LogP contribution in [0.1, 0.15) is 66.8 Å². The summed E-state index contributed by atoms with van der Waals surface area (Å²) in [5.74, 6) is -0.364. The second-order valence-electron chi connectivity index (χ2n) is 11.3. The highest BCUT2D eigenvalue weighted by molar-refractivity contribution is 9.10. The van der Waals surface area contributed by atoms with Crippen molar-refractivity contribution in [2.24, 2.45) is 0 Å². The van der Waals surface area contributed by atoms with E-state index in [0.717, 1.165) is 15.4 Å². The first-order valence-corrected chi connectivity index (χ1v) is 13.7. The smallest absolute Gasteiger partial charge is 0.410 e. The lowest BCUT2D eigenvalue weighted by atomic mass is 9.94. The third-order valence-corrected chi connectivity index (χ3v) is 7.49. The van der Waals surface area contributed by atoms with Crippen molar-refractivity contribution in [1.82, 2.24) is 19.4 Å². The molecule has 0 unspecified atom stereocenters. The largest absolute Gasteiger partial charge is 0.460 e. The molecule has 11 heteroatoms. The average molecular weight is 614 g/mol. The number of hydrogen-bond donors (Lipinski definition) is 0. The highest BCUT2D eigenvalue weighted by atomic mass is 79.9. The van der Waals surface area contributed by atoms with Gasteiger partial charge in [-0.15, -0.1) is 0 Å². The molecule has 4 rings (SSSR count). The van der Waals surface area contributed by atoms with Gasteiger partial charge in [-0.2, -0.15) is 0 Å². The molecule has 0 aliphatic carbocycles. The van der Waals surface area contributed by atoms with Crippen molar-refractivity contribution in [3.8, 4) is 0 Å². The molecule has 200 valence electrons. The number of imidazole rings is 1. The van der Waals surface area contributed by atoms with Gasteiger partial charge in [-0.3, -0.25) is 4.79 Å². The summed E-state index contributed by atoms with van der Waals surface area (Å²) < 4.78 is 14.0. The number of ether oxygens (including phenoxy) is 2. The van der Waals surface area contributed by atoms with Crippen LogP contribution in [0.2, 0.25) is 10.2 Å². The lowest BCUT2D eigenvalue weighted by molar-refractivity contribution is -0.156. The number of aromatic nitrogens is 3. The third-order valence-electron chi connectivity index (χ3n) is 6.03. The molecule has 3 heterocycles. The standard InChI is InChI=1S/C26H31BrCl2N4O4/c1-25(2,3)36-20(34)10-15-9-14(7-8-32(15)24(35)37-26(4,5)6)33-13-30-21-22(33)16-11-18(28)17(27)12-19(16)31-23(21)29/h11-15H,7-10H2,1-6H3/t14-,15-/m0/s1. The van der Waals surface area contributed by atoms with Crippen molar-refractivity contribution in [3.05, 3.63) is 33.1 Å². The molecular weight excluding hydrogens is 583 g/mol. The van der Waals surface area contributed by atoms with Gasteiger partial charge in [0.2, 0.25) is 0 Å². The summed E-state index contributed by atoms with van der Waals surface area (Å²) in [6.45, 7) is 11.4. The molecule has 0 spiro atoms. The highest BCUT2D eigenvalue weighted by Crippen LogP contribution is 2.38. The second kappa shape index (κ2) is 10.2. The van der Waals surface area contributed by atoms with Crippen LogP contribution in [0.5, 0.6) is 0 Å². The van der Waals surface area contributed by atoms with E-state index in [-0.39, 0.29) is 18.4 Å². The number of rotatable bonds is 3. The Morgan fingerprint density at radius 1 is 1.11 bits per heavy atom. The zero-order valence-electron chi connectivity index (χ0n) is 21.8. The number of esters is 1. The molecule has 2 aromatic heterocycles. The molecule has 0 N–H and O–H groups in total. The number of carbonyl (C=O) groups excluding carboxylic acids is 2. The zero-order chi connectivity index (χ0) is 27.3. The Kier molecular flexibility index (Phi) is 7.72. The molecular formula is C26H31BrCl2N4O4. The number of benzene rings is 1. The van der Waals surface area contributed by atoms with Crippen molar-refractivity contribution in [2.45, 2.75) is 84.1 Å². The van der Waals surface area contributed by atoms with Crippen LogP contribution >= 0.6 is 39.1 Å². The first kappa shape index (κ1) is 27.9. The lowest BCUT2D eigenvalue weighted by Crippen LogP contribution is -2.49. The van der Waals surface area contributed by atoms with Crippen molar-refractivity contribution < 1.29 is 19.1 Å². The monoisotopic (exact) mass is 612 g/mol. The van der Waals surface area contributed by atoms with Crippen molar-refractivity contribution in [3.63, 3.8) is 0 Å². The number of hydrogen-bond acceptors (Lipinski definition) is 6. The average Bonchev–Trinajstić information content (AvgIpc) is 3.19. The van der Waals surface area contributed by atoms with Gasteiger partial charge in [0.25, 0.3) is 0 Å². The SMILES string of the molecule is CC(C)(C)OC(=O)C[C@@H]1C[C@@H](n2cnc3c(Cl)nc4cc(Br)c(Cl)cc4c32)CCN1C(=O)OC(C)(C)C. The number of fused-ring (bicyclic) bond motifs is 3. The van der Waals surface area contributed by atoms with E-state index >= 15 is 0 Å². The first-order chi connectivity index (χ1) is 17.1. The quantitative estimate of drug-likeness (QED) is 0.227. The Labute approximate surface area is 234 Å². The van der Waals surface area contributed by atoms with E-state index in [4.69, 9.17) is 32.7 Å². The van der Waals surface area contributed by atoms with Crippen LogP contribution in [-0.4, -0.2) is 55.3 Å². The molecule has 8 nitrogen and oxygen atoms in total. The Bertz CT molecular complexity index is 1360. The van der Waals surface area contributed by atoms with Gasteiger partial charge in [-0.1, -0.05) is 23.2 Å². The van der Waals surface area contributed by atoms with E-state index in [0.29, 0.717) is 40.6 Å². The maximum Gasteiger partial charge on any atom is 0.410 e. The van der Waals surface area contributed by atoms with Crippen LogP contribution in [0, 0.1) is 0 Å². The molecule has 1 aliphatic heterocycles. The Hall–Kier alpha value is -2.10. The Morgan fingerprint density at radius 3 is 2.43 bits per heavy atom. The van der Waals surface area contributed by atoms with Gasteiger partial charge in [0.05, 0.1) is 28.8 Å². The summed E-state index contributed by atoms with van der Waals surface area (Å²) in [4.78, 5) is 36.6. The maximum absolute atomic E-state index is 13.1. The number of amides is 1. The summed E-state index contributed by atoms with van der Waals surface area (Å²) >= 11 is 16.4. The van der Waals surface area contributed by atoms with Crippen molar-refractivity contribution in [1.29, 1.82) is 0 Å². The number of nitrogens with zero attached hydrogens (tertiary/aromatic N) is 4. The van der Waals surface area contributed by atoms with Crippen LogP contribution in [-0.2, 0) is 14.3 Å². The molecule has 37 heavy (non-hydrogen) atoms. The topological polar surface area (TPSA) is 86.6 Å². The van der Waals surface area contributed by atoms with Crippen molar-refractivity contribution in [2.75, 3.05) is 6.54 Å². The fraction of sp³-hybridized carbons (Fsp3) is 0.538. The van der Waals surface area contributed by atoms with Crippen LogP contribution in [0.25, 0.3) is 21.9 Å². The molecule has 1 fully saturated rings. The highest BCUT2D eigenvalue weighted by Gasteiger charge is 2.37. The van der Waals surface area contributed by atoms with E-state index < -0.39 is 23.3 Å². The van der Waals surface area contributed by atoms with E-state index in [2.05, 4.69) is 30.5 Å². The predicted octanol–water partition coefficient (Wildman–Crippen LogP) is 7.33. The molecule has 1 amide bonds. The van der Waals surface area contributed by atoms with Gasteiger partial charge in [-0.25, -0.2) is 14.8 Å². The Balaban J connectivity index is 1.72. The predicted molar refractivity (Wildman–Crippen MR) is 148 cm³/mol. The summed E-state index contributed by atoms with van der Waals surface area (Å²) in [5.41, 5.74) is 0.800. The summed E-state index contributed by atoms with van der Waals surface area (Å²) in [6, 6.07) is 3.21. The van der Waals surface area contributed by atoms with Crippen LogP contribution in [0.3, 0.4) is 0 Å². The summed E-state index contributed by atoms with van der Waals surface area (Å²) in [6.07, 6.45) is 2.51. The maximum atomic E-state index is 13.1. The van der Waals surface area contributed by atoms with Crippen LogP contribution < -0.4 is 0 Å². The number of likely N-dealkylation sites (tertiary alicyclic amines) is 1. The first-order valence-electron chi connectivity index (χ1n) is 12.1. The van der Waals surface area contributed by atoms with Crippen LogP contribution in [0.4, 0.5) is 4.79 Å². The van der Waals surface area contributed by atoms with Gasteiger partial charge in [0.15, 0.2) is 5.15 Å². The number of halogens is 3. The minimum Gasteiger partial charge on any atom is -0.460 e. The molecule has 3 aromatic rings. The molecule has 0 radical (unpaired) electrons. The van der Waals surface area contributed by atoms with Crippen LogP contribution in [0.15, 0.2) is 22.9 Å². The van der Waals surface area contributed by atoms with Gasteiger partial charge in [-0.05, 0) is 82.4 Å². The number of piperidine rings is 1. The summed E-state index contributed by atoms with van der Waals surface area (Å²) in [5, 5.41) is 1.67. The molecule has 2 atom stereocenters. The Morgan fingerprint density at radius 2 is 1.78 bits per heavy atom.